The maximum atomic E-state index is 13.1. The van der Waals surface area contributed by atoms with Crippen molar-refractivity contribution >= 4 is 5.78 Å². The van der Waals surface area contributed by atoms with Gasteiger partial charge in [-0.2, -0.15) is 13.2 Å². The molecule has 1 aromatic carbocycles. The maximum Gasteiger partial charge on any atom is 0.390 e. The van der Waals surface area contributed by atoms with Gasteiger partial charge in [-0.3, -0.25) is 9.69 Å². The van der Waals surface area contributed by atoms with Gasteiger partial charge in [-0.25, -0.2) is 4.39 Å². The first-order valence-electron chi connectivity index (χ1n) is 5.85. The molecule has 0 fully saturated rings. The Bertz CT molecular complexity index is 474. The van der Waals surface area contributed by atoms with Crippen LogP contribution in [0, 0.1) is 5.82 Å². The molecular formula is C13H15F4NO2. The smallest absolute Gasteiger partial charge is 0.390 e. The molecule has 1 rings (SSSR count). The third kappa shape index (κ3) is 5.16. The van der Waals surface area contributed by atoms with E-state index in [9.17, 15) is 22.4 Å². The SMILES string of the molecule is COc1ccc(F)cc1C(=O)CN(C)CCC(F)(F)F. The van der Waals surface area contributed by atoms with Gasteiger partial charge in [0, 0.05) is 6.54 Å². The molecule has 7 heteroatoms. The van der Waals surface area contributed by atoms with E-state index in [0.29, 0.717) is 0 Å². The second-order valence-electron chi connectivity index (χ2n) is 4.37. The third-order valence-electron chi connectivity index (χ3n) is 2.65. The highest BCUT2D eigenvalue weighted by Crippen LogP contribution is 2.21. The number of ether oxygens (including phenoxy) is 1. The minimum Gasteiger partial charge on any atom is -0.496 e. The summed E-state index contributed by atoms with van der Waals surface area (Å²) in [4.78, 5) is 13.2. The molecule has 112 valence electrons. The summed E-state index contributed by atoms with van der Waals surface area (Å²) in [7, 11) is 2.73. The number of ketones is 1. The van der Waals surface area contributed by atoms with Gasteiger partial charge in [0.1, 0.15) is 11.6 Å². The number of Topliss-reactive ketones (excluding diaryl/α,β-unsaturated/α-hetero) is 1. The number of benzene rings is 1. The summed E-state index contributed by atoms with van der Waals surface area (Å²) in [5, 5.41) is 0. The van der Waals surface area contributed by atoms with Crippen molar-refractivity contribution in [3.8, 4) is 5.75 Å². The molecule has 0 aromatic heterocycles. The average Bonchev–Trinajstić information content (AvgIpc) is 2.35. The highest BCUT2D eigenvalue weighted by atomic mass is 19.4. The second-order valence-corrected chi connectivity index (χ2v) is 4.37. The molecule has 0 amide bonds. The summed E-state index contributed by atoms with van der Waals surface area (Å²) >= 11 is 0. The van der Waals surface area contributed by atoms with E-state index < -0.39 is 24.2 Å². The number of hydrogen-bond acceptors (Lipinski definition) is 3. The predicted molar refractivity (Wildman–Crippen MR) is 65.5 cm³/mol. The Kier molecular flexibility index (Phi) is 5.50. The van der Waals surface area contributed by atoms with Crippen LogP contribution in [0.15, 0.2) is 18.2 Å². The van der Waals surface area contributed by atoms with Crippen LogP contribution in [0.1, 0.15) is 16.8 Å². The van der Waals surface area contributed by atoms with Crippen LogP contribution in [0.4, 0.5) is 17.6 Å². The van der Waals surface area contributed by atoms with Crippen LogP contribution in [-0.4, -0.2) is 44.1 Å². The van der Waals surface area contributed by atoms with E-state index in [1.807, 2.05) is 0 Å². The average molecular weight is 293 g/mol. The molecule has 0 bridgehead atoms. The van der Waals surface area contributed by atoms with Crippen molar-refractivity contribution in [2.75, 3.05) is 27.2 Å². The van der Waals surface area contributed by atoms with E-state index in [-0.39, 0.29) is 24.4 Å². The van der Waals surface area contributed by atoms with E-state index in [0.717, 1.165) is 12.1 Å². The number of carbonyl (C=O) groups excluding carboxylic acids is 1. The Morgan fingerprint density at radius 3 is 2.55 bits per heavy atom. The molecule has 1 aromatic rings. The molecule has 0 saturated heterocycles. The first-order valence-corrected chi connectivity index (χ1v) is 5.85. The third-order valence-corrected chi connectivity index (χ3v) is 2.65. The lowest BCUT2D eigenvalue weighted by Gasteiger charge is -2.17. The lowest BCUT2D eigenvalue weighted by atomic mass is 10.1. The van der Waals surface area contributed by atoms with Crippen molar-refractivity contribution in [2.45, 2.75) is 12.6 Å². The normalized spacial score (nSPS) is 11.8. The van der Waals surface area contributed by atoms with Crippen LogP contribution >= 0.6 is 0 Å². The summed E-state index contributed by atoms with van der Waals surface area (Å²) in [5.41, 5.74) is 0.0198. The number of methoxy groups -OCH3 is 1. The fraction of sp³-hybridized carbons (Fsp3) is 0.462. The molecule has 0 unspecified atom stereocenters. The fourth-order valence-corrected chi connectivity index (χ4v) is 1.63. The summed E-state index contributed by atoms with van der Waals surface area (Å²) in [5.74, 6) is -0.904. The van der Waals surface area contributed by atoms with Gasteiger partial charge in [0.2, 0.25) is 0 Å². The molecule has 0 N–H and O–H groups in total. The van der Waals surface area contributed by atoms with Crippen LogP contribution in [0.2, 0.25) is 0 Å². The van der Waals surface area contributed by atoms with Crippen LogP contribution < -0.4 is 4.74 Å². The number of rotatable bonds is 6. The van der Waals surface area contributed by atoms with Gasteiger partial charge in [-0.05, 0) is 25.2 Å². The number of hydrogen-bond donors (Lipinski definition) is 0. The van der Waals surface area contributed by atoms with Crippen molar-refractivity contribution in [3.63, 3.8) is 0 Å². The van der Waals surface area contributed by atoms with E-state index in [4.69, 9.17) is 4.74 Å². The first-order chi connectivity index (χ1) is 9.23. The largest absolute Gasteiger partial charge is 0.496 e. The van der Waals surface area contributed by atoms with Crippen molar-refractivity contribution in [1.82, 2.24) is 4.90 Å². The maximum absolute atomic E-state index is 13.1. The second kappa shape index (κ2) is 6.69. The van der Waals surface area contributed by atoms with Crippen LogP contribution in [-0.2, 0) is 0 Å². The van der Waals surface area contributed by atoms with Gasteiger partial charge in [-0.15, -0.1) is 0 Å². The van der Waals surface area contributed by atoms with Crippen LogP contribution in [0.5, 0.6) is 5.75 Å². The Morgan fingerprint density at radius 2 is 2.00 bits per heavy atom. The standard InChI is InChI=1S/C13H15F4NO2/c1-18(6-5-13(15,16)17)8-11(19)10-7-9(14)3-4-12(10)20-2/h3-4,7H,5-6,8H2,1-2H3. The van der Waals surface area contributed by atoms with Crippen molar-refractivity contribution in [2.24, 2.45) is 0 Å². The van der Waals surface area contributed by atoms with E-state index >= 15 is 0 Å². The highest BCUT2D eigenvalue weighted by molar-refractivity contribution is 6.00. The van der Waals surface area contributed by atoms with Gasteiger partial charge in [0.15, 0.2) is 5.78 Å². The van der Waals surface area contributed by atoms with Crippen molar-refractivity contribution < 1.29 is 27.1 Å². The number of nitrogens with zero attached hydrogens (tertiary/aromatic N) is 1. The van der Waals surface area contributed by atoms with Crippen LogP contribution in [0.3, 0.4) is 0 Å². The number of alkyl halides is 3. The summed E-state index contributed by atoms with van der Waals surface area (Å²) in [6.07, 6.45) is -5.27. The molecule has 0 atom stereocenters. The van der Waals surface area contributed by atoms with Gasteiger partial charge in [0.25, 0.3) is 0 Å². The molecule has 0 heterocycles. The molecule has 0 spiro atoms. The van der Waals surface area contributed by atoms with E-state index in [1.165, 1.54) is 25.1 Å². The topological polar surface area (TPSA) is 29.5 Å². The summed E-state index contributed by atoms with van der Waals surface area (Å²) < 4.78 is 54.2. The van der Waals surface area contributed by atoms with Gasteiger partial charge in [-0.1, -0.05) is 0 Å². The molecule has 0 aliphatic carbocycles. The molecule has 0 aliphatic rings. The van der Waals surface area contributed by atoms with Crippen molar-refractivity contribution in [1.29, 1.82) is 0 Å². The first kappa shape index (κ1) is 16.4. The van der Waals surface area contributed by atoms with Gasteiger partial charge in [0.05, 0.1) is 25.6 Å². The number of halogens is 4. The quantitative estimate of drug-likeness (QED) is 0.596. The van der Waals surface area contributed by atoms with E-state index in [2.05, 4.69) is 0 Å². The van der Waals surface area contributed by atoms with Gasteiger partial charge < -0.3 is 4.74 Å². The lowest BCUT2D eigenvalue weighted by molar-refractivity contribution is -0.137. The Morgan fingerprint density at radius 1 is 1.35 bits per heavy atom. The number of carbonyl (C=O) groups is 1. The molecular weight excluding hydrogens is 278 g/mol. The molecule has 20 heavy (non-hydrogen) atoms. The predicted octanol–water partition coefficient (Wildman–Crippen LogP) is 2.90. The minimum atomic E-state index is -4.27. The molecule has 3 nitrogen and oxygen atoms in total. The van der Waals surface area contributed by atoms with Crippen molar-refractivity contribution in [3.05, 3.63) is 29.6 Å². The Labute approximate surface area is 114 Å². The molecule has 0 aliphatic heterocycles. The Balaban J connectivity index is 2.69. The zero-order valence-electron chi connectivity index (χ0n) is 11.1. The lowest BCUT2D eigenvalue weighted by Crippen LogP contribution is -2.30. The zero-order chi connectivity index (χ0) is 15.3. The highest BCUT2D eigenvalue weighted by Gasteiger charge is 2.27. The van der Waals surface area contributed by atoms with Crippen LogP contribution in [0.25, 0.3) is 0 Å². The molecule has 0 radical (unpaired) electrons. The zero-order valence-corrected chi connectivity index (χ0v) is 11.1. The van der Waals surface area contributed by atoms with Gasteiger partial charge >= 0.3 is 6.18 Å². The molecule has 0 saturated carbocycles. The monoisotopic (exact) mass is 293 g/mol. The fourth-order valence-electron chi connectivity index (χ4n) is 1.63. The summed E-state index contributed by atoms with van der Waals surface area (Å²) in [6.45, 7) is -0.539. The minimum absolute atomic E-state index is 0.0198. The van der Waals surface area contributed by atoms with E-state index in [1.54, 1.807) is 0 Å². The summed E-state index contributed by atoms with van der Waals surface area (Å²) in [6, 6.07) is 3.46. The Hall–Kier alpha value is -1.63. The number of likely N-dealkylation sites (N-methyl/N-ethyl adjacent to an activating group) is 1.